The maximum absolute atomic E-state index is 13.2. The normalized spacial score (nSPS) is 19.6. The quantitative estimate of drug-likeness (QED) is 0.436. The second kappa shape index (κ2) is 9.93. The van der Waals surface area contributed by atoms with E-state index in [9.17, 15) is 19.7 Å². The second-order valence-electron chi connectivity index (χ2n) is 8.75. The van der Waals surface area contributed by atoms with E-state index in [-0.39, 0.29) is 24.2 Å². The lowest BCUT2D eigenvalue weighted by Gasteiger charge is -2.27. The SMILES string of the molecule is Cc1cc2ccc(NC(=C[N+](=O)[O-])N[C@H]3CCCCN(CC(=O)N4CCCC4)C3=O)cc2[nH]1. The van der Waals surface area contributed by atoms with E-state index >= 15 is 0 Å². The molecule has 3 N–H and O–H groups in total. The molecule has 2 amide bonds. The van der Waals surface area contributed by atoms with Gasteiger partial charge in [-0.3, -0.25) is 19.7 Å². The van der Waals surface area contributed by atoms with Gasteiger partial charge in [0, 0.05) is 36.5 Å². The molecule has 0 aliphatic carbocycles. The predicted molar refractivity (Wildman–Crippen MR) is 125 cm³/mol. The molecular weight excluding hydrogens is 424 g/mol. The fourth-order valence-electron chi connectivity index (χ4n) is 4.53. The Morgan fingerprint density at radius 3 is 2.73 bits per heavy atom. The third kappa shape index (κ3) is 5.63. The van der Waals surface area contributed by atoms with Crippen LogP contribution in [0, 0.1) is 17.0 Å². The Kier molecular flexibility index (Phi) is 6.81. The van der Waals surface area contributed by atoms with Crippen molar-refractivity contribution in [2.24, 2.45) is 0 Å². The Hall–Kier alpha value is -3.56. The third-order valence-corrected chi connectivity index (χ3v) is 6.17. The molecule has 0 bridgehead atoms. The van der Waals surface area contributed by atoms with E-state index in [0.29, 0.717) is 18.7 Å². The van der Waals surface area contributed by atoms with Crippen molar-refractivity contribution in [3.05, 3.63) is 52.1 Å². The highest BCUT2D eigenvalue weighted by Gasteiger charge is 2.30. The van der Waals surface area contributed by atoms with Gasteiger partial charge in [-0.05, 0) is 62.6 Å². The summed E-state index contributed by atoms with van der Waals surface area (Å²) in [5.74, 6) is -0.101. The van der Waals surface area contributed by atoms with Crippen molar-refractivity contribution in [1.29, 1.82) is 0 Å². The van der Waals surface area contributed by atoms with Gasteiger partial charge in [0.05, 0.1) is 11.5 Å². The van der Waals surface area contributed by atoms with E-state index in [1.54, 1.807) is 9.80 Å². The molecule has 2 fully saturated rings. The number of H-pyrrole nitrogens is 1. The van der Waals surface area contributed by atoms with E-state index in [2.05, 4.69) is 15.6 Å². The summed E-state index contributed by atoms with van der Waals surface area (Å²) in [6.07, 6.45) is 4.96. The summed E-state index contributed by atoms with van der Waals surface area (Å²) in [5.41, 5.74) is 2.59. The van der Waals surface area contributed by atoms with Crippen LogP contribution in [0.3, 0.4) is 0 Å². The molecule has 2 saturated heterocycles. The van der Waals surface area contributed by atoms with Gasteiger partial charge in [0.2, 0.25) is 11.8 Å². The number of aromatic nitrogens is 1. The standard InChI is InChI=1S/C23H30N6O4/c1-16-12-17-7-8-18(13-20(17)24-16)25-21(14-29(32)33)26-19-6-2-3-11-28(23(19)31)15-22(30)27-9-4-5-10-27/h7-8,12-14,19,24-26H,2-6,9-11,15H2,1H3/t19-/m0/s1. The first-order valence-corrected chi connectivity index (χ1v) is 11.4. The van der Waals surface area contributed by atoms with Crippen LogP contribution in [0.25, 0.3) is 10.9 Å². The Morgan fingerprint density at radius 2 is 1.97 bits per heavy atom. The van der Waals surface area contributed by atoms with Crippen LogP contribution < -0.4 is 10.6 Å². The van der Waals surface area contributed by atoms with E-state index in [4.69, 9.17) is 0 Å². The number of hydrogen-bond donors (Lipinski definition) is 3. The summed E-state index contributed by atoms with van der Waals surface area (Å²) in [4.78, 5) is 43.1. The van der Waals surface area contributed by atoms with Crippen LogP contribution in [0.4, 0.5) is 5.69 Å². The van der Waals surface area contributed by atoms with Gasteiger partial charge in [-0.15, -0.1) is 0 Å². The number of fused-ring (bicyclic) bond motifs is 1. The summed E-state index contributed by atoms with van der Waals surface area (Å²) in [5, 5.41) is 18.4. The lowest BCUT2D eigenvalue weighted by molar-refractivity contribution is -0.403. The van der Waals surface area contributed by atoms with Gasteiger partial charge in [0.15, 0.2) is 5.82 Å². The number of carbonyl (C=O) groups excluding carboxylic acids is 2. The number of nitrogens with zero attached hydrogens (tertiary/aromatic N) is 3. The first-order chi connectivity index (χ1) is 15.9. The van der Waals surface area contributed by atoms with Gasteiger partial charge < -0.3 is 25.4 Å². The van der Waals surface area contributed by atoms with Crippen LogP contribution in [0.5, 0.6) is 0 Å². The number of hydrogen-bond acceptors (Lipinski definition) is 6. The van der Waals surface area contributed by atoms with Crippen molar-refractivity contribution in [2.45, 2.75) is 45.1 Å². The van der Waals surface area contributed by atoms with Crippen LogP contribution >= 0.6 is 0 Å². The first-order valence-electron chi connectivity index (χ1n) is 11.4. The van der Waals surface area contributed by atoms with Crippen molar-refractivity contribution in [3.8, 4) is 0 Å². The topological polar surface area (TPSA) is 124 Å². The summed E-state index contributed by atoms with van der Waals surface area (Å²) in [6, 6.07) is 7.00. The van der Waals surface area contributed by atoms with Crippen molar-refractivity contribution in [1.82, 2.24) is 20.1 Å². The van der Waals surface area contributed by atoms with E-state index in [0.717, 1.165) is 61.6 Å². The van der Waals surface area contributed by atoms with E-state index in [1.807, 2.05) is 31.2 Å². The smallest absolute Gasteiger partial charge is 0.274 e. The molecule has 3 heterocycles. The molecule has 4 rings (SSSR count). The van der Waals surface area contributed by atoms with E-state index < -0.39 is 11.0 Å². The summed E-state index contributed by atoms with van der Waals surface area (Å²) < 4.78 is 0. The first kappa shape index (κ1) is 22.6. The maximum atomic E-state index is 13.2. The monoisotopic (exact) mass is 454 g/mol. The summed E-state index contributed by atoms with van der Waals surface area (Å²) >= 11 is 0. The Balaban J connectivity index is 1.47. The number of amides is 2. The van der Waals surface area contributed by atoms with Crippen molar-refractivity contribution >= 4 is 28.4 Å². The largest absolute Gasteiger partial charge is 0.359 e. The Bertz CT molecular complexity index is 1070. The molecule has 33 heavy (non-hydrogen) atoms. The molecule has 2 aromatic rings. The Morgan fingerprint density at radius 1 is 1.21 bits per heavy atom. The highest BCUT2D eigenvalue weighted by Crippen LogP contribution is 2.21. The van der Waals surface area contributed by atoms with Crippen molar-refractivity contribution in [2.75, 3.05) is 31.5 Å². The molecule has 1 aromatic heterocycles. The molecule has 1 aromatic carbocycles. The minimum Gasteiger partial charge on any atom is -0.359 e. The number of carbonyl (C=O) groups is 2. The van der Waals surface area contributed by atoms with Crippen LogP contribution in [0.15, 0.2) is 36.3 Å². The average Bonchev–Trinajstić information content (AvgIpc) is 3.39. The lowest BCUT2D eigenvalue weighted by atomic mass is 10.1. The zero-order valence-electron chi connectivity index (χ0n) is 18.8. The second-order valence-corrected chi connectivity index (χ2v) is 8.75. The highest BCUT2D eigenvalue weighted by atomic mass is 16.6. The molecule has 0 radical (unpaired) electrons. The number of nitrogens with one attached hydrogen (secondary N) is 3. The van der Waals surface area contributed by atoms with Gasteiger partial charge in [-0.1, -0.05) is 6.07 Å². The number of nitro groups is 1. The molecule has 1 atom stereocenters. The van der Waals surface area contributed by atoms with Crippen molar-refractivity contribution in [3.63, 3.8) is 0 Å². The molecule has 0 saturated carbocycles. The van der Waals surface area contributed by atoms with Crippen LogP contribution in [0.1, 0.15) is 37.8 Å². The predicted octanol–water partition coefficient (Wildman–Crippen LogP) is 2.56. The number of likely N-dealkylation sites (tertiary alicyclic amines) is 2. The third-order valence-electron chi connectivity index (χ3n) is 6.17. The van der Waals surface area contributed by atoms with Gasteiger partial charge in [-0.2, -0.15) is 0 Å². The van der Waals surface area contributed by atoms with Gasteiger partial charge >= 0.3 is 0 Å². The maximum Gasteiger partial charge on any atom is 0.274 e. The molecule has 0 unspecified atom stereocenters. The average molecular weight is 455 g/mol. The van der Waals surface area contributed by atoms with Crippen molar-refractivity contribution < 1.29 is 14.5 Å². The van der Waals surface area contributed by atoms with Crippen LogP contribution in [-0.2, 0) is 9.59 Å². The van der Waals surface area contributed by atoms with Gasteiger partial charge in [0.1, 0.15) is 6.04 Å². The number of rotatable bonds is 7. The molecule has 2 aliphatic heterocycles. The van der Waals surface area contributed by atoms with Gasteiger partial charge in [0.25, 0.3) is 6.20 Å². The molecule has 2 aliphatic rings. The molecule has 10 heteroatoms. The summed E-state index contributed by atoms with van der Waals surface area (Å²) in [6.45, 7) is 4.02. The van der Waals surface area contributed by atoms with E-state index in [1.165, 1.54) is 0 Å². The molecule has 0 spiro atoms. The fraction of sp³-hybridized carbons (Fsp3) is 0.478. The zero-order chi connectivity index (χ0) is 23.4. The van der Waals surface area contributed by atoms with Gasteiger partial charge in [-0.25, -0.2) is 0 Å². The molecule has 176 valence electrons. The highest BCUT2D eigenvalue weighted by molar-refractivity contribution is 5.88. The number of aryl methyl sites for hydroxylation is 1. The molecule has 10 nitrogen and oxygen atoms in total. The Labute approximate surface area is 192 Å². The van der Waals surface area contributed by atoms with Crippen LogP contribution in [0.2, 0.25) is 0 Å². The minimum absolute atomic E-state index is 0.0322. The van der Waals surface area contributed by atoms with Crippen LogP contribution in [-0.4, -0.2) is 63.7 Å². The fourth-order valence-corrected chi connectivity index (χ4v) is 4.53. The number of anilines is 1. The zero-order valence-corrected chi connectivity index (χ0v) is 18.8. The summed E-state index contributed by atoms with van der Waals surface area (Å²) in [7, 11) is 0. The molecular formula is C23H30N6O4. The number of benzene rings is 1. The number of aromatic amines is 1. The minimum atomic E-state index is -0.644. The lowest BCUT2D eigenvalue weighted by Crippen LogP contribution is -2.49.